The SMILES string of the molecule is CCN(Cc1ccccc1)c1cccnc1. The van der Waals surface area contributed by atoms with Crippen LogP contribution in [0.3, 0.4) is 0 Å². The van der Waals surface area contributed by atoms with Gasteiger partial charge in [0, 0.05) is 19.3 Å². The Hall–Kier alpha value is -1.83. The molecule has 1 aromatic carbocycles. The molecule has 2 heteroatoms. The smallest absolute Gasteiger partial charge is 0.0555 e. The van der Waals surface area contributed by atoms with Crippen molar-refractivity contribution in [1.29, 1.82) is 0 Å². The Balaban J connectivity index is 2.13. The minimum Gasteiger partial charge on any atom is -0.366 e. The van der Waals surface area contributed by atoms with Gasteiger partial charge < -0.3 is 4.90 Å². The lowest BCUT2D eigenvalue weighted by molar-refractivity contribution is 0.829. The fourth-order valence-electron chi connectivity index (χ4n) is 1.73. The third-order valence-corrected chi connectivity index (χ3v) is 2.61. The number of benzene rings is 1. The molecule has 0 atom stereocenters. The molecule has 1 heterocycles. The number of nitrogens with zero attached hydrogens (tertiary/aromatic N) is 2. The summed E-state index contributed by atoms with van der Waals surface area (Å²) in [5.74, 6) is 0. The lowest BCUT2D eigenvalue weighted by Gasteiger charge is -2.22. The molecule has 0 amide bonds. The summed E-state index contributed by atoms with van der Waals surface area (Å²) in [5, 5.41) is 0. The van der Waals surface area contributed by atoms with Crippen LogP contribution in [0.4, 0.5) is 5.69 Å². The van der Waals surface area contributed by atoms with Crippen molar-refractivity contribution in [2.45, 2.75) is 13.5 Å². The average molecular weight is 212 g/mol. The zero-order chi connectivity index (χ0) is 11.2. The molecule has 0 aliphatic heterocycles. The molecule has 0 bridgehead atoms. The second kappa shape index (κ2) is 5.31. The van der Waals surface area contributed by atoms with Gasteiger partial charge in [-0.15, -0.1) is 0 Å². The number of anilines is 1. The van der Waals surface area contributed by atoms with Gasteiger partial charge in [0.2, 0.25) is 0 Å². The van der Waals surface area contributed by atoms with E-state index in [0.717, 1.165) is 13.1 Å². The van der Waals surface area contributed by atoms with E-state index in [-0.39, 0.29) is 0 Å². The van der Waals surface area contributed by atoms with Crippen molar-refractivity contribution in [2.24, 2.45) is 0 Å². The van der Waals surface area contributed by atoms with E-state index in [2.05, 4.69) is 47.1 Å². The number of rotatable bonds is 4. The maximum atomic E-state index is 4.15. The molecule has 2 aromatic rings. The summed E-state index contributed by atoms with van der Waals surface area (Å²) in [6.07, 6.45) is 3.71. The van der Waals surface area contributed by atoms with Crippen LogP contribution < -0.4 is 4.90 Å². The van der Waals surface area contributed by atoms with Gasteiger partial charge in [0.25, 0.3) is 0 Å². The highest BCUT2D eigenvalue weighted by Crippen LogP contribution is 2.14. The Bertz CT molecular complexity index is 411. The number of hydrogen-bond acceptors (Lipinski definition) is 2. The fourth-order valence-corrected chi connectivity index (χ4v) is 1.73. The van der Waals surface area contributed by atoms with Crippen molar-refractivity contribution in [1.82, 2.24) is 4.98 Å². The lowest BCUT2D eigenvalue weighted by Crippen LogP contribution is -2.21. The zero-order valence-corrected chi connectivity index (χ0v) is 9.50. The summed E-state index contributed by atoms with van der Waals surface area (Å²) in [4.78, 5) is 6.46. The van der Waals surface area contributed by atoms with Crippen molar-refractivity contribution < 1.29 is 0 Å². The molecule has 0 saturated heterocycles. The van der Waals surface area contributed by atoms with Crippen LogP contribution in [0.2, 0.25) is 0 Å². The Morgan fingerprint density at radius 3 is 2.50 bits per heavy atom. The molecular weight excluding hydrogens is 196 g/mol. The van der Waals surface area contributed by atoms with Gasteiger partial charge >= 0.3 is 0 Å². The molecule has 16 heavy (non-hydrogen) atoms. The van der Waals surface area contributed by atoms with E-state index in [0.29, 0.717) is 0 Å². The molecule has 1 aromatic heterocycles. The highest BCUT2D eigenvalue weighted by Gasteiger charge is 2.04. The predicted molar refractivity (Wildman–Crippen MR) is 67.4 cm³/mol. The first-order valence-electron chi connectivity index (χ1n) is 5.59. The molecule has 0 aliphatic carbocycles. The van der Waals surface area contributed by atoms with Gasteiger partial charge in [0.1, 0.15) is 0 Å². The quantitative estimate of drug-likeness (QED) is 0.774. The van der Waals surface area contributed by atoms with Gasteiger partial charge in [0.15, 0.2) is 0 Å². The van der Waals surface area contributed by atoms with Gasteiger partial charge in [-0.3, -0.25) is 4.98 Å². The van der Waals surface area contributed by atoms with E-state index in [9.17, 15) is 0 Å². The zero-order valence-electron chi connectivity index (χ0n) is 9.50. The molecule has 0 spiro atoms. The molecule has 0 fully saturated rings. The van der Waals surface area contributed by atoms with Crippen LogP contribution in [0, 0.1) is 0 Å². The summed E-state index contributed by atoms with van der Waals surface area (Å²) in [7, 11) is 0. The maximum Gasteiger partial charge on any atom is 0.0555 e. The third-order valence-electron chi connectivity index (χ3n) is 2.61. The molecule has 82 valence electrons. The summed E-state index contributed by atoms with van der Waals surface area (Å²) in [5.41, 5.74) is 2.50. The summed E-state index contributed by atoms with van der Waals surface area (Å²) in [6, 6.07) is 14.6. The highest BCUT2D eigenvalue weighted by atomic mass is 15.1. The second-order valence-electron chi connectivity index (χ2n) is 3.71. The lowest BCUT2D eigenvalue weighted by atomic mass is 10.2. The van der Waals surface area contributed by atoms with E-state index in [4.69, 9.17) is 0 Å². The average Bonchev–Trinajstić information content (AvgIpc) is 2.38. The van der Waals surface area contributed by atoms with Crippen LogP contribution in [-0.2, 0) is 6.54 Å². The Kier molecular flexibility index (Phi) is 3.54. The standard InChI is InChI=1S/C14H16N2/c1-2-16(14-9-6-10-15-11-14)12-13-7-4-3-5-8-13/h3-11H,2,12H2,1H3. The van der Waals surface area contributed by atoms with Crippen molar-refractivity contribution in [3.8, 4) is 0 Å². The molecule has 0 aliphatic rings. The minimum atomic E-state index is 0.934. The monoisotopic (exact) mass is 212 g/mol. The van der Waals surface area contributed by atoms with E-state index in [1.54, 1.807) is 6.20 Å². The number of pyridine rings is 1. The topological polar surface area (TPSA) is 16.1 Å². The first kappa shape index (κ1) is 10.7. The first-order chi connectivity index (χ1) is 7.90. The van der Waals surface area contributed by atoms with Gasteiger partial charge in [-0.1, -0.05) is 30.3 Å². The maximum absolute atomic E-state index is 4.15. The fraction of sp³-hybridized carbons (Fsp3) is 0.214. The van der Waals surface area contributed by atoms with Crippen LogP contribution >= 0.6 is 0 Å². The molecule has 0 radical (unpaired) electrons. The highest BCUT2D eigenvalue weighted by molar-refractivity contribution is 5.44. The Morgan fingerprint density at radius 2 is 1.88 bits per heavy atom. The van der Waals surface area contributed by atoms with E-state index in [1.165, 1.54) is 11.3 Å². The second-order valence-corrected chi connectivity index (χ2v) is 3.71. The summed E-state index contributed by atoms with van der Waals surface area (Å²) < 4.78 is 0. The van der Waals surface area contributed by atoms with Crippen LogP contribution in [0.1, 0.15) is 12.5 Å². The first-order valence-corrected chi connectivity index (χ1v) is 5.59. The van der Waals surface area contributed by atoms with Gasteiger partial charge in [-0.2, -0.15) is 0 Å². The largest absolute Gasteiger partial charge is 0.366 e. The molecule has 2 rings (SSSR count). The van der Waals surface area contributed by atoms with Gasteiger partial charge in [-0.25, -0.2) is 0 Å². The number of aromatic nitrogens is 1. The summed E-state index contributed by atoms with van der Waals surface area (Å²) >= 11 is 0. The van der Waals surface area contributed by atoms with Gasteiger partial charge in [0.05, 0.1) is 11.9 Å². The van der Waals surface area contributed by atoms with Crippen LogP contribution in [-0.4, -0.2) is 11.5 Å². The van der Waals surface area contributed by atoms with E-state index < -0.39 is 0 Å². The Morgan fingerprint density at radius 1 is 1.06 bits per heavy atom. The molecule has 0 saturated carbocycles. The normalized spacial score (nSPS) is 10.1. The van der Waals surface area contributed by atoms with Crippen molar-refractivity contribution in [3.63, 3.8) is 0 Å². The summed E-state index contributed by atoms with van der Waals surface area (Å²) in [6.45, 7) is 4.08. The number of hydrogen-bond donors (Lipinski definition) is 0. The van der Waals surface area contributed by atoms with E-state index >= 15 is 0 Å². The molecule has 2 nitrogen and oxygen atoms in total. The van der Waals surface area contributed by atoms with E-state index in [1.807, 2.05) is 18.3 Å². The minimum absolute atomic E-state index is 0.934. The van der Waals surface area contributed by atoms with Crippen molar-refractivity contribution in [3.05, 3.63) is 60.4 Å². The van der Waals surface area contributed by atoms with Crippen LogP contribution in [0.5, 0.6) is 0 Å². The molecular formula is C14H16N2. The Labute approximate surface area is 96.6 Å². The third kappa shape index (κ3) is 2.60. The van der Waals surface area contributed by atoms with Crippen molar-refractivity contribution >= 4 is 5.69 Å². The van der Waals surface area contributed by atoms with Crippen LogP contribution in [0.25, 0.3) is 0 Å². The van der Waals surface area contributed by atoms with Crippen LogP contribution in [0.15, 0.2) is 54.9 Å². The van der Waals surface area contributed by atoms with Crippen molar-refractivity contribution in [2.75, 3.05) is 11.4 Å². The molecule has 0 unspecified atom stereocenters. The van der Waals surface area contributed by atoms with Gasteiger partial charge in [-0.05, 0) is 24.6 Å². The predicted octanol–water partition coefficient (Wildman–Crippen LogP) is 3.11. The molecule has 0 N–H and O–H groups in total.